The van der Waals surface area contributed by atoms with Crippen LogP contribution in [0.15, 0.2) is 54.6 Å². The van der Waals surface area contributed by atoms with Crippen molar-refractivity contribution in [2.75, 3.05) is 11.9 Å². The van der Waals surface area contributed by atoms with Crippen LogP contribution in [0.3, 0.4) is 0 Å². The number of aromatic nitrogens is 2. The molecule has 6 heteroatoms. The number of anilines is 1. The molecule has 0 atom stereocenters. The molecule has 0 spiro atoms. The molecule has 0 radical (unpaired) electrons. The van der Waals surface area contributed by atoms with Gasteiger partial charge in [-0.1, -0.05) is 29.8 Å². The number of hydrogen-bond donors (Lipinski definition) is 1. The van der Waals surface area contributed by atoms with Gasteiger partial charge in [0, 0.05) is 5.69 Å². The average molecular weight is 356 g/mol. The van der Waals surface area contributed by atoms with Crippen LogP contribution in [0.2, 0.25) is 5.02 Å². The molecule has 3 rings (SSSR count). The molecule has 0 saturated carbocycles. The van der Waals surface area contributed by atoms with E-state index in [0.29, 0.717) is 16.5 Å². The van der Waals surface area contributed by atoms with Crippen molar-refractivity contribution in [1.82, 2.24) is 9.78 Å². The Morgan fingerprint density at radius 3 is 2.40 bits per heavy atom. The highest BCUT2D eigenvalue weighted by molar-refractivity contribution is 6.31. The molecule has 1 N–H and O–H groups in total. The molecule has 128 valence electrons. The first-order chi connectivity index (χ1) is 12.0. The first-order valence-corrected chi connectivity index (χ1v) is 8.22. The monoisotopic (exact) mass is 355 g/mol. The van der Waals surface area contributed by atoms with Gasteiger partial charge in [0.1, 0.15) is 5.75 Å². The number of nitrogens with one attached hydrogen (secondary N) is 1. The molecule has 0 fully saturated rings. The molecule has 1 heterocycles. The number of halogens is 1. The van der Waals surface area contributed by atoms with Crippen LogP contribution >= 0.6 is 11.6 Å². The van der Waals surface area contributed by atoms with Gasteiger partial charge in [-0.3, -0.25) is 4.79 Å². The highest BCUT2D eigenvalue weighted by atomic mass is 35.5. The van der Waals surface area contributed by atoms with E-state index in [4.69, 9.17) is 16.3 Å². The van der Waals surface area contributed by atoms with Crippen molar-refractivity contribution >= 4 is 23.2 Å². The summed E-state index contributed by atoms with van der Waals surface area (Å²) in [6.45, 7) is 3.74. The number of carbonyl (C=O) groups is 1. The number of amides is 1. The first kappa shape index (κ1) is 17.0. The van der Waals surface area contributed by atoms with E-state index in [1.165, 1.54) is 0 Å². The summed E-state index contributed by atoms with van der Waals surface area (Å²) in [5, 5.41) is 7.88. The Labute approximate surface area is 151 Å². The Morgan fingerprint density at radius 2 is 1.80 bits per heavy atom. The van der Waals surface area contributed by atoms with Crippen LogP contribution in [0.1, 0.15) is 11.4 Å². The molecule has 3 aromatic rings. The van der Waals surface area contributed by atoms with Crippen molar-refractivity contribution in [3.63, 3.8) is 0 Å². The molecule has 0 unspecified atom stereocenters. The summed E-state index contributed by atoms with van der Waals surface area (Å²) in [6.07, 6.45) is 0. The van der Waals surface area contributed by atoms with E-state index in [9.17, 15) is 4.79 Å². The number of carbonyl (C=O) groups excluding carboxylic acids is 1. The topological polar surface area (TPSA) is 56.2 Å². The number of nitrogens with zero attached hydrogens (tertiary/aromatic N) is 2. The zero-order chi connectivity index (χ0) is 17.8. The SMILES string of the molecule is Cc1nn(-c2ccc(NC(=O)COc3ccccc3)cc2)c(C)c1Cl. The van der Waals surface area contributed by atoms with E-state index < -0.39 is 0 Å². The summed E-state index contributed by atoms with van der Waals surface area (Å²) in [6, 6.07) is 16.6. The first-order valence-electron chi connectivity index (χ1n) is 7.84. The van der Waals surface area contributed by atoms with Gasteiger partial charge in [0.2, 0.25) is 0 Å². The summed E-state index contributed by atoms with van der Waals surface area (Å²) < 4.78 is 7.20. The maximum Gasteiger partial charge on any atom is 0.262 e. The van der Waals surface area contributed by atoms with E-state index in [2.05, 4.69) is 10.4 Å². The van der Waals surface area contributed by atoms with Crippen molar-refractivity contribution < 1.29 is 9.53 Å². The van der Waals surface area contributed by atoms with Gasteiger partial charge in [-0.2, -0.15) is 5.10 Å². The minimum Gasteiger partial charge on any atom is -0.484 e. The van der Waals surface area contributed by atoms with Crippen molar-refractivity contribution in [3.05, 3.63) is 71.0 Å². The summed E-state index contributed by atoms with van der Waals surface area (Å²) in [7, 11) is 0. The normalized spacial score (nSPS) is 10.5. The number of hydrogen-bond acceptors (Lipinski definition) is 3. The Balaban J connectivity index is 1.62. The smallest absolute Gasteiger partial charge is 0.262 e. The molecular formula is C19H18ClN3O2. The lowest BCUT2D eigenvalue weighted by Gasteiger charge is -2.09. The van der Waals surface area contributed by atoms with Gasteiger partial charge in [-0.05, 0) is 50.2 Å². The van der Waals surface area contributed by atoms with Crippen molar-refractivity contribution in [2.24, 2.45) is 0 Å². The van der Waals surface area contributed by atoms with Gasteiger partial charge in [0.05, 0.1) is 22.1 Å². The maximum atomic E-state index is 12.0. The standard InChI is InChI=1S/C19H18ClN3O2/c1-13-19(20)14(2)23(22-13)16-10-8-15(9-11-16)21-18(24)12-25-17-6-4-3-5-7-17/h3-11H,12H2,1-2H3,(H,21,24). The molecule has 0 aliphatic carbocycles. The maximum absolute atomic E-state index is 12.0. The average Bonchev–Trinajstić information content (AvgIpc) is 2.89. The number of aryl methyl sites for hydroxylation is 1. The van der Waals surface area contributed by atoms with Crippen LogP contribution in [0.5, 0.6) is 5.75 Å². The summed E-state index contributed by atoms with van der Waals surface area (Å²) >= 11 is 6.18. The third kappa shape index (κ3) is 4.00. The van der Waals surface area contributed by atoms with Gasteiger partial charge < -0.3 is 10.1 Å². The quantitative estimate of drug-likeness (QED) is 0.747. The van der Waals surface area contributed by atoms with Crippen LogP contribution in [-0.2, 0) is 4.79 Å². The lowest BCUT2D eigenvalue weighted by Crippen LogP contribution is -2.20. The minimum atomic E-state index is -0.217. The Morgan fingerprint density at radius 1 is 1.12 bits per heavy atom. The molecule has 0 aliphatic heterocycles. The van der Waals surface area contributed by atoms with Crippen LogP contribution in [0.25, 0.3) is 5.69 Å². The summed E-state index contributed by atoms with van der Waals surface area (Å²) in [5.74, 6) is 0.445. The van der Waals surface area contributed by atoms with Crippen LogP contribution in [0.4, 0.5) is 5.69 Å². The lowest BCUT2D eigenvalue weighted by atomic mass is 10.2. The van der Waals surface area contributed by atoms with Crippen LogP contribution in [-0.4, -0.2) is 22.3 Å². The molecule has 0 saturated heterocycles. The van der Waals surface area contributed by atoms with E-state index >= 15 is 0 Å². The predicted molar refractivity (Wildman–Crippen MR) is 98.6 cm³/mol. The molecular weight excluding hydrogens is 338 g/mol. The third-order valence-corrected chi connectivity index (χ3v) is 4.26. The minimum absolute atomic E-state index is 0.0428. The molecule has 0 bridgehead atoms. The molecule has 1 amide bonds. The van der Waals surface area contributed by atoms with E-state index in [-0.39, 0.29) is 12.5 Å². The Bertz CT molecular complexity index is 874. The number of rotatable bonds is 5. The zero-order valence-electron chi connectivity index (χ0n) is 14.0. The van der Waals surface area contributed by atoms with Crippen LogP contribution < -0.4 is 10.1 Å². The fourth-order valence-electron chi connectivity index (χ4n) is 2.42. The second-order valence-electron chi connectivity index (χ2n) is 5.59. The van der Waals surface area contributed by atoms with E-state index in [1.807, 2.05) is 68.4 Å². The van der Waals surface area contributed by atoms with E-state index in [0.717, 1.165) is 17.1 Å². The van der Waals surface area contributed by atoms with Crippen LogP contribution in [0, 0.1) is 13.8 Å². The van der Waals surface area contributed by atoms with Gasteiger partial charge in [-0.25, -0.2) is 4.68 Å². The predicted octanol–water partition coefficient (Wildman–Crippen LogP) is 4.16. The van der Waals surface area contributed by atoms with Crippen molar-refractivity contribution in [2.45, 2.75) is 13.8 Å². The van der Waals surface area contributed by atoms with Gasteiger partial charge in [0.15, 0.2) is 6.61 Å². The third-order valence-electron chi connectivity index (χ3n) is 3.71. The fraction of sp³-hybridized carbons (Fsp3) is 0.158. The molecule has 5 nitrogen and oxygen atoms in total. The number of para-hydroxylation sites is 1. The Hall–Kier alpha value is -2.79. The molecule has 2 aromatic carbocycles. The largest absolute Gasteiger partial charge is 0.484 e. The fourth-order valence-corrected chi connectivity index (χ4v) is 2.54. The number of ether oxygens (including phenoxy) is 1. The summed E-state index contributed by atoms with van der Waals surface area (Å²) in [4.78, 5) is 12.0. The van der Waals surface area contributed by atoms with Gasteiger partial charge >= 0.3 is 0 Å². The highest BCUT2D eigenvalue weighted by Crippen LogP contribution is 2.23. The van der Waals surface area contributed by atoms with Crippen molar-refractivity contribution in [3.8, 4) is 11.4 Å². The van der Waals surface area contributed by atoms with Gasteiger partial charge in [-0.15, -0.1) is 0 Å². The lowest BCUT2D eigenvalue weighted by molar-refractivity contribution is -0.118. The molecule has 0 aliphatic rings. The van der Waals surface area contributed by atoms with Crippen molar-refractivity contribution in [1.29, 1.82) is 0 Å². The second-order valence-corrected chi connectivity index (χ2v) is 5.97. The summed E-state index contributed by atoms with van der Waals surface area (Å²) in [5.41, 5.74) is 3.24. The Kier molecular flexibility index (Phi) is 5.05. The molecule has 25 heavy (non-hydrogen) atoms. The second kappa shape index (κ2) is 7.40. The number of benzene rings is 2. The zero-order valence-corrected chi connectivity index (χ0v) is 14.7. The van der Waals surface area contributed by atoms with E-state index in [1.54, 1.807) is 4.68 Å². The highest BCUT2D eigenvalue weighted by Gasteiger charge is 2.11. The molecule has 1 aromatic heterocycles. The van der Waals surface area contributed by atoms with Gasteiger partial charge in [0.25, 0.3) is 5.91 Å².